The molecule has 1 amide bonds. The van der Waals surface area contributed by atoms with Gasteiger partial charge in [-0.25, -0.2) is 4.39 Å². The van der Waals surface area contributed by atoms with E-state index in [-0.39, 0.29) is 17.9 Å². The van der Waals surface area contributed by atoms with Crippen LogP contribution in [-0.4, -0.2) is 18.5 Å². The number of benzene rings is 2. The molecule has 21 heavy (non-hydrogen) atoms. The first-order valence-electron chi connectivity index (χ1n) is 6.05. The quantitative estimate of drug-likeness (QED) is 0.897. The van der Waals surface area contributed by atoms with Crippen LogP contribution in [0, 0.1) is 5.82 Å². The number of carbonyl (C=O) groups excluding carboxylic acids is 2. The molecule has 0 aromatic heterocycles. The summed E-state index contributed by atoms with van der Waals surface area (Å²) >= 11 is 0. The van der Waals surface area contributed by atoms with Crippen LogP contribution in [0.3, 0.4) is 0 Å². The van der Waals surface area contributed by atoms with E-state index < -0.39 is 17.7 Å². The van der Waals surface area contributed by atoms with E-state index in [9.17, 15) is 19.1 Å². The van der Waals surface area contributed by atoms with E-state index >= 15 is 0 Å². The average Bonchev–Trinajstić information content (AvgIpc) is 2.47. The second-order valence-electron chi connectivity index (χ2n) is 4.12. The maximum Gasteiger partial charge on any atom is 0.262 e. The molecule has 1 N–H and O–H groups in total. The van der Waals surface area contributed by atoms with Crippen molar-refractivity contribution in [2.24, 2.45) is 0 Å². The lowest BCUT2D eigenvalue weighted by atomic mass is 10.2. The van der Waals surface area contributed by atoms with Gasteiger partial charge in [-0.1, -0.05) is 18.2 Å². The van der Waals surface area contributed by atoms with Crippen molar-refractivity contribution in [1.82, 2.24) is 0 Å². The number of ether oxygens (including phenoxy) is 1. The molecule has 0 saturated carbocycles. The van der Waals surface area contributed by atoms with Crippen LogP contribution >= 0.6 is 0 Å². The largest absolute Gasteiger partial charge is 0.545 e. The summed E-state index contributed by atoms with van der Waals surface area (Å²) in [6.45, 7) is -0.326. The first-order chi connectivity index (χ1) is 10.1. The smallest absolute Gasteiger partial charge is 0.262 e. The normalized spacial score (nSPS) is 9.95. The number of para-hydroxylation sites is 1. The third-order valence-electron chi connectivity index (χ3n) is 2.60. The summed E-state index contributed by atoms with van der Waals surface area (Å²) in [6.07, 6.45) is 0. The molecule has 0 radical (unpaired) electrons. The summed E-state index contributed by atoms with van der Waals surface area (Å²) in [5, 5.41) is 13.3. The molecule has 0 heterocycles. The number of hydrogen-bond acceptors (Lipinski definition) is 4. The summed E-state index contributed by atoms with van der Waals surface area (Å²) in [5.41, 5.74) is 0.0119. The fourth-order valence-corrected chi connectivity index (χ4v) is 1.64. The number of aromatic carboxylic acids is 1. The van der Waals surface area contributed by atoms with E-state index in [2.05, 4.69) is 5.32 Å². The Balaban J connectivity index is 1.96. The molecule has 2 aromatic carbocycles. The molecule has 0 unspecified atom stereocenters. The molecular weight excluding hydrogens is 277 g/mol. The van der Waals surface area contributed by atoms with E-state index in [1.165, 1.54) is 42.5 Å². The maximum atomic E-state index is 12.7. The van der Waals surface area contributed by atoms with Gasteiger partial charge in [-0.15, -0.1) is 0 Å². The van der Waals surface area contributed by atoms with Crippen LogP contribution in [-0.2, 0) is 4.79 Å². The Morgan fingerprint density at radius 3 is 2.43 bits per heavy atom. The van der Waals surface area contributed by atoms with E-state index in [0.717, 1.165) is 0 Å². The molecule has 0 spiro atoms. The van der Waals surface area contributed by atoms with Gasteiger partial charge in [0.25, 0.3) is 5.91 Å². The maximum absolute atomic E-state index is 12.7. The van der Waals surface area contributed by atoms with Crippen LogP contribution in [0.25, 0.3) is 0 Å². The fourth-order valence-electron chi connectivity index (χ4n) is 1.64. The number of amides is 1. The zero-order valence-electron chi connectivity index (χ0n) is 10.8. The van der Waals surface area contributed by atoms with Crippen molar-refractivity contribution in [3.05, 3.63) is 59.9 Å². The minimum Gasteiger partial charge on any atom is -0.545 e. The topological polar surface area (TPSA) is 78.5 Å². The van der Waals surface area contributed by atoms with Crippen molar-refractivity contribution < 1.29 is 23.8 Å². The Morgan fingerprint density at radius 2 is 1.76 bits per heavy atom. The Labute approximate surface area is 120 Å². The van der Waals surface area contributed by atoms with Crippen molar-refractivity contribution in [2.45, 2.75) is 0 Å². The van der Waals surface area contributed by atoms with Crippen LogP contribution in [0.1, 0.15) is 10.4 Å². The fraction of sp³-hybridized carbons (Fsp3) is 0.0667. The van der Waals surface area contributed by atoms with Crippen molar-refractivity contribution in [2.75, 3.05) is 11.9 Å². The highest BCUT2D eigenvalue weighted by Gasteiger charge is 2.08. The molecule has 0 bridgehead atoms. The molecule has 0 aliphatic heterocycles. The lowest BCUT2D eigenvalue weighted by Gasteiger charge is -2.12. The second-order valence-corrected chi connectivity index (χ2v) is 4.12. The van der Waals surface area contributed by atoms with Crippen LogP contribution < -0.4 is 15.2 Å². The van der Waals surface area contributed by atoms with Crippen LogP contribution in [0.15, 0.2) is 48.5 Å². The number of anilines is 1. The molecule has 5 nitrogen and oxygen atoms in total. The molecule has 2 rings (SSSR count). The van der Waals surface area contributed by atoms with E-state index in [0.29, 0.717) is 5.75 Å². The number of hydrogen-bond donors (Lipinski definition) is 1. The Bertz CT molecular complexity index is 655. The molecule has 0 aliphatic rings. The van der Waals surface area contributed by atoms with Gasteiger partial charge in [-0.3, -0.25) is 4.79 Å². The van der Waals surface area contributed by atoms with Gasteiger partial charge in [-0.05, 0) is 30.3 Å². The van der Waals surface area contributed by atoms with Gasteiger partial charge in [0.05, 0.1) is 5.97 Å². The minimum absolute atomic E-state index is 0.118. The van der Waals surface area contributed by atoms with Gasteiger partial charge in [0.1, 0.15) is 11.6 Å². The lowest BCUT2D eigenvalue weighted by molar-refractivity contribution is -0.254. The highest BCUT2D eigenvalue weighted by molar-refractivity contribution is 6.00. The molecule has 0 aliphatic carbocycles. The SMILES string of the molecule is O=C(COc1ccc(F)cc1)Nc1ccccc1C(=O)[O-]. The highest BCUT2D eigenvalue weighted by atomic mass is 19.1. The van der Waals surface area contributed by atoms with Crippen LogP contribution in [0.4, 0.5) is 10.1 Å². The summed E-state index contributed by atoms with van der Waals surface area (Å²) < 4.78 is 17.9. The number of carbonyl (C=O) groups is 2. The third-order valence-corrected chi connectivity index (χ3v) is 2.60. The molecular formula is C15H11FNO4-. The van der Waals surface area contributed by atoms with Gasteiger partial charge in [0, 0.05) is 11.3 Å². The van der Waals surface area contributed by atoms with E-state index in [1.807, 2.05) is 0 Å². The predicted octanol–water partition coefficient (Wildman–Crippen LogP) is 1.21. The van der Waals surface area contributed by atoms with Crippen LogP contribution in [0.5, 0.6) is 5.75 Å². The second kappa shape index (κ2) is 6.51. The summed E-state index contributed by atoms with van der Waals surface area (Å²) in [4.78, 5) is 22.6. The molecule has 6 heteroatoms. The van der Waals surface area contributed by atoms with Crippen molar-refractivity contribution in [1.29, 1.82) is 0 Å². The number of rotatable bonds is 5. The summed E-state index contributed by atoms with van der Waals surface area (Å²) in [7, 11) is 0. The standard InChI is InChI=1S/C15H12FNO4/c16-10-5-7-11(8-6-10)21-9-14(18)17-13-4-2-1-3-12(13)15(19)20/h1-8H,9H2,(H,17,18)(H,19,20)/p-1. The number of carboxylic acids is 1. The Morgan fingerprint density at radius 1 is 1.10 bits per heavy atom. The minimum atomic E-state index is -1.38. The molecule has 0 fully saturated rings. The van der Waals surface area contributed by atoms with Crippen molar-refractivity contribution in [3.63, 3.8) is 0 Å². The van der Waals surface area contributed by atoms with E-state index in [1.54, 1.807) is 6.07 Å². The molecule has 0 saturated heterocycles. The molecule has 0 atom stereocenters. The monoisotopic (exact) mass is 288 g/mol. The van der Waals surface area contributed by atoms with Gasteiger partial charge >= 0.3 is 0 Å². The average molecular weight is 288 g/mol. The molecule has 108 valence electrons. The number of halogens is 1. The third kappa shape index (κ3) is 4.04. The lowest BCUT2D eigenvalue weighted by Crippen LogP contribution is -2.26. The van der Waals surface area contributed by atoms with Crippen LogP contribution in [0.2, 0.25) is 0 Å². The first-order valence-corrected chi connectivity index (χ1v) is 6.05. The summed E-state index contributed by atoms with van der Waals surface area (Å²) in [6, 6.07) is 11.1. The molecule has 2 aromatic rings. The summed E-state index contributed by atoms with van der Waals surface area (Å²) in [5.74, 6) is -1.99. The van der Waals surface area contributed by atoms with Gasteiger partial charge in [-0.2, -0.15) is 0 Å². The number of nitrogens with one attached hydrogen (secondary N) is 1. The Kier molecular flexibility index (Phi) is 4.50. The number of carboxylic acid groups (broad SMARTS) is 1. The van der Waals surface area contributed by atoms with Crippen molar-refractivity contribution in [3.8, 4) is 5.75 Å². The zero-order chi connectivity index (χ0) is 15.2. The van der Waals surface area contributed by atoms with Gasteiger partial charge in [0.2, 0.25) is 0 Å². The van der Waals surface area contributed by atoms with E-state index in [4.69, 9.17) is 4.74 Å². The predicted molar refractivity (Wildman–Crippen MR) is 71.3 cm³/mol. The van der Waals surface area contributed by atoms with Gasteiger partial charge < -0.3 is 20.0 Å². The highest BCUT2D eigenvalue weighted by Crippen LogP contribution is 2.14. The zero-order valence-corrected chi connectivity index (χ0v) is 10.8. The van der Waals surface area contributed by atoms with Crippen molar-refractivity contribution >= 4 is 17.6 Å². The first kappa shape index (κ1) is 14.5. The Hall–Kier alpha value is -2.89. The van der Waals surface area contributed by atoms with Gasteiger partial charge in [0.15, 0.2) is 6.61 Å².